The molecule has 2 aromatic carbocycles. The van der Waals surface area contributed by atoms with Crippen LogP contribution in [0.3, 0.4) is 0 Å². The Bertz CT molecular complexity index is 1110. The Balaban J connectivity index is 1.23. The SMILES string of the molecule is O=C(CN1C(=O)SC(=Cc2ccc(N3CCCCC3)cc2)C1=O)N1CCc2ccccc2C1. The van der Waals surface area contributed by atoms with E-state index >= 15 is 0 Å². The standard InChI is InChI=1S/C26H27N3O3S/c30-24(28-15-12-20-6-2-3-7-21(20)17-28)18-29-25(31)23(33-26(29)32)16-19-8-10-22(11-9-19)27-13-4-1-5-14-27/h2-3,6-11,16H,1,4-5,12-15,17-18H2. The molecule has 3 aliphatic heterocycles. The average Bonchev–Trinajstić information content (AvgIpc) is 3.12. The smallest absolute Gasteiger partial charge is 0.294 e. The number of hydrogen-bond acceptors (Lipinski definition) is 5. The third kappa shape index (κ3) is 4.69. The second-order valence-corrected chi connectivity index (χ2v) is 9.73. The molecule has 2 saturated heterocycles. The number of piperidine rings is 1. The number of hydrogen-bond donors (Lipinski definition) is 0. The van der Waals surface area contributed by atoms with E-state index in [1.807, 2.05) is 30.3 Å². The number of amides is 3. The number of imide groups is 1. The van der Waals surface area contributed by atoms with E-state index in [0.29, 0.717) is 18.0 Å². The number of thioether (sulfide) groups is 1. The summed E-state index contributed by atoms with van der Waals surface area (Å²) in [6.45, 7) is 3.07. The minimum atomic E-state index is -0.393. The molecular weight excluding hydrogens is 434 g/mol. The van der Waals surface area contributed by atoms with Crippen LogP contribution < -0.4 is 4.90 Å². The van der Waals surface area contributed by atoms with Crippen molar-refractivity contribution in [3.05, 3.63) is 70.1 Å². The molecule has 3 heterocycles. The molecule has 3 amide bonds. The van der Waals surface area contributed by atoms with Crippen molar-refractivity contribution in [2.45, 2.75) is 32.2 Å². The fraction of sp³-hybridized carbons (Fsp3) is 0.346. The molecule has 0 radical (unpaired) electrons. The summed E-state index contributed by atoms with van der Waals surface area (Å²) in [5.74, 6) is -0.588. The Kier molecular flexibility index (Phi) is 6.22. The van der Waals surface area contributed by atoms with E-state index in [9.17, 15) is 14.4 Å². The molecule has 3 aliphatic rings. The van der Waals surface area contributed by atoms with Gasteiger partial charge in [0.05, 0.1) is 4.91 Å². The Morgan fingerprint density at radius 2 is 1.64 bits per heavy atom. The van der Waals surface area contributed by atoms with Gasteiger partial charge in [-0.1, -0.05) is 36.4 Å². The van der Waals surface area contributed by atoms with Gasteiger partial charge in [0.2, 0.25) is 5.91 Å². The minimum absolute atomic E-state index is 0.195. The van der Waals surface area contributed by atoms with E-state index in [0.717, 1.165) is 47.3 Å². The highest BCUT2D eigenvalue weighted by molar-refractivity contribution is 8.18. The van der Waals surface area contributed by atoms with Crippen molar-refractivity contribution in [1.82, 2.24) is 9.80 Å². The van der Waals surface area contributed by atoms with Crippen molar-refractivity contribution in [3.63, 3.8) is 0 Å². The lowest BCUT2D eigenvalue weighted by atomic mass is 10.00. The van der Waals surface area contributed by atoms with Crippen LogP contribution in [0.15, 0.2) is 53.4 Å². The molecule has 5 rings (SSSR count). The highest BCUT2D eigenvalue weighted by Gasteiger charge is 2.37. The lowest BCUT2D eigenvalue weighted by molar-refractivity contribution is -0.136. The monoisotopic (exact) mass is 461 g/mol. The lowest BCUT2D eigenvalue weighted by Crippen LogP contribution is -2.44. The molecule has 0 aromatic heterocycles. The van der Waals surface area contributed by atoms with E-state index in [1.165, 1.54) is 30.5 Å². The van der Waals surface area contributed by atoms with Gasteiger partial charge in [0.15, 0.2) is 0 Å². The lowest BCUT2D eigenvalue weighted by Gasteiger charge is -2.29. The molecule has 0 atom stereocenters. The van der Waals surface area contributed by atoms with E-state index in [1.54, 1.807) is 11.0 Å². The predicted octanol–water partition coefficient (Wildman–Crippen LogP) is 4.30. The van der Waals surface area contributed by atoms with E-state index in [-0.39, 0.29) is 17.7 Å². The van der Waals surface area contributed by atoms with Gasteiger partial charge in [-0.15, -0.1) is 0 Å². The highest BCUT2D eigenvalue weighted by Crippen LogP contribution is 2.33. The molecule has 0 spiro atoms. The number of carbonyl (C=O) groups excluding carboxylic acids is 3. The van der Waals surface area contributed by atoms with Crippen LogP contribution in [0.1, 0.15) is 36.0 Å². The van der Waals surface area contributed by atoms with Crippen LogP contribution in [0.5, 0.6) is 0 Å². The maximum Gasteiger partial charge on any atom is 0.294 e. The minimum Gasteiger partial charge on any atom is -0.372 e. The van der Waals surface area contributed by atoms with Gasteiger partial charge in [-0.25, -0.2) is 0 Å². The Labute approximate surface area is 198 Å². The van der Waals surface area contributed by atoms with Crippen LogP contribution in [0.2, 0.25) is 0 Å². The molecular formula is C26H27N3O3S. The number of carbonyl (C=O) groups is 3. The Morgan fingerprint density at radius 1 is 0.909 bits per heavy atom. The van der Waals surface area contributed by atoms with Crippen molar-refractivity contribution in [1.29, 1.82) is 0 Å². The summed E-state index contributed by atoms with van der Waals surface area (Å²) in [7, 11) is 0. The van der Waals surface area contributed by atoms with Crippen molar-refractivity contribution in [3.8, 4) is 0 Å². The van der Waals surface area contributed by atoms with Crippen LogP contribution in [0.4, 0.5) is 10.5 Å². The summed E-state index contributed by atoms with van der Waals surface area (Å²) in [6, 6.07) is 16.2. The van der Waals surface area contributed by atoms with Crippen molar-refractivity contribution in [2.75, 3.05) is 31.1 Å². The molecule has 2 aromatic rings. The van der Waals surface area contributed by atoms with Crippen LogP contribution in [-0.2, 0) is 22.6 Å². The molecule has 2 fully saturated rings. The quantitative estimate of drug-likeness (QED) is 0.636. The molecule has 0 aliphatic carbocycles. The van der Waals surface area contributed by atoms with Crippen LogP contribution >= 0.6 is 11.8 Å². The first kappa shape index (κ1) is 21.8. The molecule has 33 heavy (non-hydrogen) atoms. The topological polar surface area (TPSA) is 60.9 Å². The summed E-state index contributed by atoms with van der Waals surface area (Å²) < 4.78 is 0. The summed E-state index contributed by atoms with van der Waals surface area (Å²) in [5, 5.41) is -0.387. The van der Waals surface area contributed by atoms with Crippen molar-refractivity contribution in [2.24, 2.45) is 0 Å². The average molecular weight is 462 g/mol. The molecule has 0 unspecified atom stereocenters. The fourth-order valence-corrected chi connectivity index (χ4v) is 5.50. The van der Waals surface area contributed by atoms with Gasteiger partial charge in [-0.3, -0.25) is 19.3 Å². The third-order valence-corrected chi connectivity index (χ3v) is 7.47. The Hall–Kier alpha value is -3.06. The third-order valence-electron chi connectivity index (χ3n) is 6.56. The van der Waals surface area contributed by atoms with Crippen LogP contribution in [0, 0.1) is 0 Å². The molecule has 0 bridgehead atoms. The van der Waals surface area contributed by atoms with Gasteiger partial charge >= 0.3 is 0 Å². The van der Waals surface area contributed by atoms with Crippen molar-refractivity contribution < 1.29 is 14.4 Å². The summed E-state index contributed by atoms with van der Waals surface area (Å²) in [4.78, 5) is 43.8. The maximum atomic E-state index is 12.9. The first-order chi connectivity index (χ1) is 16.1. The summed E-state index contributed by atoms with van der Waals surface area (Å²) in [5.41, 5.74) is 4.44. The van der Waals surface area contributed by atoms with E-state index in [4.69, 9.17) is 0 Å². The van der Waals surface area contributed by atoms with Crippen molar-refractivity contribution >= 4 is 40.6 Å². The van der Waals surface area contributed by atoms with Crippen LogP contribution in [-0.4, -0.2) is 53.0 Å². The second-order valence-electron chi connectivity index (χ2n) is 8.74. The number of nitrogens with zero attached hydrogens (tertiary/aromatic N) is 3. The highest BCUT2D eigenvalue weighted by atomic mass is 32.2. The Morgan fingerprint density at radius 3 is 2.39 bits per heavy atom. The van der Waals surface area contributed by atoms with Gasteiger partial charge in [0.25, 0.3) is 11.1 Å². The number of rotatable bonds is 4. The van der Waals surface area contributed by atoms with Gasteiger partial charge in [-0.05, 0) is 72.3 Å². The van der Waals surface area contributed by atoms with Gasteiger partial charge in [0, 0.05) is 31.9 Å². The van der Waals surface area contributed by atoms with Gasteiger partial charge < -0.3 is 9.80 Å². The number of benzene rings is 2. The molecule has 170 valence electrons. The maximum absolute atomic E-state index is 12.9. The predicted molar refractivity (Wildman–Crippen MR) is 131 cm³/mol. The number of fused-ring (bicyclic) bond motifs is 1. The molecule has 0 N–H and O–H groups in total. The summed E-state index contributed by atoms with van der Waals surface area (Å²) >= 11 is 0.903. The zero-order valence-corrected chi connectivity index (χ0v) is 19.4. The molecule has 6 nitrogen and oxygen atoms in total. The van der Waals surface area contributed by atoms with Gasteiger partial charge in [0.1, 0.15) is 6.54 Å². The zero-order chi connectivity index (χ0) is 22.8. The van der Waals surface area contributed by atoms with E-state index < -0.39 is 5.91 Å². The summed E-state index contributed by atoms with van der Waals surface area (Å²) in [6.07, 6.45) is 6.26. The number of anilines is 1. The normalized spacial score (nSPS) is 19.9. The largest absolute Gasteiger partial charge is 0.372 e. The van der Waals surface area contributed by atoms with Gasteiger partial charge in [-0.2, -0.15) is 0 Å². The fourth-order valence-electron chi connectivity index (χ4n) is 4.67. The second kappa shape index (κ2) is 9.43. The first-order valence-electron chi connectivity index (χ1n) is 11.5. The molecule has 7 heteroatoms. The zero-order valence-electron chi connectivity index (χ0n) is 18.5. The molecule has 0 saturated carbocycles. The van der Waals surface area contributed by atoms with E-state index in [2.05, 4.69) is 23.1 Å². The van der Waals surface area contributed by atoms with Crippen LogP contribution in [0.25, 0.3) is 6.08 Å². The first-order valence-corrected chi connectivity index (χ1v) is 12.3.